The van der Waals surface area contributed by atoms with E-state index in [1.807, 2.05) is 0 Å². The van der Waals surface area contributed by atoms with Crippen molar-refractivity contribution in [3.05, 3.63) is 0 Å². The first kappa shape index (κ1) is 3.18. The predicted molar refractivity (Wildman–Crippen MR) is 20.3 cm³/mol. The monoisotopic (exact) mass is 102 g/mol. The molecule has 0 aromatic carbocycles. The third-order valence-electron chi connectivity index (χ3n) is 0.650. The van der Waals surface area contributed by atoms with Gasteiger partial charge in [0, 0.05) is 1.37 Å². The van der Waals surface area contributed by atoms with Crippen LogP contribution in [-0.2, 0) is 14.3 Å². The van der Waals surface area contributed by atoms with E-state index in [9.17, 15) is 9.59 Å². The fourth-order valence-corrected chi connectivity index (χ4v) is 0.362. The maximum Gasteiger partial charge on any atom is 0.314 e. The average molecular weight is 102 g/mol. The Bertz CT molecular complexity index is 142. The van der Waals surface area contributed by atoms with Gasteiger partial charge in [-0.25, -0.2) is 0 Å². The topological polar surface area (TPSA) is 43.4 Å². The largest absolute Gasteiger partial charge is 0.393 e. The van der Waals surface area contributed by atoms with Gasteiger partial charge in [0.1, 0.15) is 0 Å². The van der Waals surface area contributed by atoms with E-state index in [-0.39, 0.29) is 6.42 Å². The zero-order chi connectivity index (χ0) is 6.15. The second-order valence-electron chi connectivity index (χ2n) is 1.20. The summed E-state index contributed by atoms with van der Waals surface area (Å²) < 4.78 is 10.8. The van der Waals surface area contributed by atoms with E-state index in [1.165, 1.54) is 0 Å². The van der Waals surface area contributed by atoms with Crippen molar-refractivity contribution in [3.8, 4) is 0 Å². The molecule has 0 bridgehead atoms. The number of cyclic esters (lactones) is 2. The molecule has 1 saturated heterocycles. The Labute approximate surface area is 41.7 Å². The van der Waals surface area contributed by atoms with Crippen molar-refractivity contribution in [2.45, 2.75) is 12.8 Å². The summed E-state index contributed by atoms with van der Waals surface area (Å²) in [5.74, 6) is -1.31. The van der Waals surface area contributed by atoms with Gasteiger partial charge in [0.05, 0.1) is 12.8 Å². The maximum absolute atomic E-state index is 10.2. The SMILES string of the molecule is [3H]C1CC(=O)OC1=O. The van der Waals surface area contributed by atoms with Gasteiger partial charge in [0.25, 0.3) is 0 Å². The summed E-state index contributed by atoms with van der Waals surface area (Å²) in [6.07, 6.45) is -1.05. The molecule has 0 saturated carbocycles. The first-order valence-corrected chi connectivity index (χ1v) is 1.87. The number of esters is 2. The molecule has 1 rings (SSSR count). The van der Waals surface area contributed by atoms with Gasteiger partial charge in [0.15, 0.2) is 0 Å². The summed E-state index contributed by atoms with van der Waals surface area (Å²) in [6.45, 7) is 0. The third kappa shape index (κ3) is 0.765. The molecular weight excluding hydrogens is 96.0 g/mol. The van der Waals surface area contributed by atoms with Crippen molar-refractivity contribution in [1.29, 1.82) is 0 Å². The van der Waals surface area contributed by atoms with E-state index in [0.717, 1.165) is 0 Å². The molecule has 3 nitrogen and oxygen atoms in total. The molecular formula is C4H4O3. The summed E-state index contributed by atoms with van der Waals surface area (Å²) in [7, 11) is 0. The van der Waals surface area contributed by atoms with E-state index in [0.29, 0.717) is 0 Å². The number of hydrogen-bond donors (Lipinski definition) is 0. The molecule has 1 unspecified atom stereocenters. The summed E-state index contributed by atoms with van der Waals surface area (Å²) in [4.78, 5) is 20.3. The third-order valence-corrected chi connectivity index (χ3v) is 0.650. The van der Waals surface area contributed by atoms with Crippen LogP contribution in [-0.4, -0.2) is 11.9 Å². The van der Waals surface area contributed by atoms with Crippen molar-refractivity contribution >= 4 is 11.9 Å². The molecule has 38 valence electrons. The molecule has 0 aromatic heterocycles. The lowest BCUT2D eigenvalue weighted by Crippen LogP contribution is -1.94. The first-order chi connectivity index (χ1) is 3.70. The lowest BCUT2D eigenvalue weighted by Gasteiger charge is -1.79. The van der Waals surface area contributed by atoms with Crippen molar-refractivity contribution in [3.63, 3.8) is 0 Å². The maximum atomic E-state index is 10.2. The smallest absolute Gasteiger partial charge is 0.314 e. The van der Waals surface area contributed by atoms with Crippen molar-refractivity contribution in [2.24, 2.45) is 0 Å². The van der Waals surface area contributed by atoms with Crippen molar-refractivity contribution in [1.82, 2.24) is 0 Å². The van der Waals surface area contributed by atoms with E-state index in [2.05, 4.69) is 4.74 Å². The Kier molecular flexibility index (Phi) is 0.604. The van der Waals surface area contributed by atoms with Crippen LogP contribution >= 0.6 is 0 Å². The average Bonchev–Trinajstić information content (AvgIpc) is 1.85. The van der Waals surface area contributed by atoms with Crippen LogP contribution in [0.4, 0.5) is 0 Å². The highest BCUT2D eigenvalue weighted by Gasteiger charge is 2.19. The number of ether oxygens (including phenoxy) is 1. The van der Waals surface area contributed by atoms with Gasteiger partial charge >= 0.3 is 11.9 Å². The second kappa shape index (κ2) is 1.33. The fourth-order valence-electron chi connectivity index (χ4n) is 0.362. The quantitative estimate of drug-likeness (QED) is 0.315. The Morgan fingerprint density at radius 3 is 2.43 bits per heavy atom. The predicted octanol–water partition coefficient (Wildman–Crippen LogP) is -0.150. The summed E-state index contributed by atoms with van der Waals surface area (Å²) in [5.41, 5.74) is 0. The highest BCUT2D eigenvalue weighted by molar-refractivity contribution is 5.92. The van der Waals surface area contributed by atoms with Crippen LogP contribution in [0.15, 0.2) is 0 Å². The highest BCUT2D eigenvalue weighted by Crippen LogP contribution is 2.03. The van der Waals surface area contributed by atoms with Crippen LogP contribution in [0.5, 0.6) is 0 Å². The molecule has 3 heteroatoms. The second-order valence-corrected chi connectivity index (χ2v) is 1.20. The number of carbonyl (C=O) groups is 2. The number of rotatable bonds is 0. The Balaban J connectivity index is 2.64. The van der Waals surface area contributed by atoms with Gasteiger partial charge in [-0.05, 0) is 0 Å². The van der Waals surface area contributed by atoms with Gasteiger partial charge in [-0.2, -0.15) is 0 Å². The van der Waals surface area contributed by atoms with E-state index < -0.39 is 18.3 Å². The highest BCUT2D eigenvalue weighted by atomic mass is 16.6. The minimum Gasteiger partial charge on any atom is -0.393 e. The van der Waals surface area contributed by atoms with Gasteiger partial charge in [-0.1, -0.05) is 0 Å². The van der Waals surface area contributed by atoms with E-state index >= 15 is 0 Å². The van der Waals surface area contributed by atoms with E-state index in [4.69, 9.17) is 1.37 Å². The molecule has 7 heavy (non-hydrogen) atoms. The Morgan fingerprint density at radius 1 is 1.57 bits per heavy atom. The number of hydrogen-bond acceptors (Lipinski definition) is 3. The van der Waals surface area contributed by atoms with Crippen molar-refractivity contribution < 1.29 is 15.7 Å². The molecule has 1 fully saturated rings. The zero-order valence-corrected chi connectivity index (χ0v) is 3.51. The molecule has 0 radical (unpaired) electrons. The molecule has 0 amide bonds. The molecule has 0 aromatic rings. The summed E-state index contributed by atoms with van der Waals surface area (Å²) >= 11 is 0. The van der Waals surface area contributed by atoms with Crippen LogP contribution in [0, 0.1) is 0 Å². The van der Waals surface area contributed by atoms with Gasteiger partial charge in [-0.15, -0.1) is 0 Å². The lowest BCUT2D eigenvalue weighted by atomic mass is 10.4. The van der Waals surface area contributed by atoms with Crippen LogP contribution in [0.2, 0.25) is 0 Å². The summed E-state index contributed by atoms with van der Waals surface area (Å²) in [5, 5.41) is 0. The van der Waals surface area contributed by atoms with Crippen LogP contribution in [0.1, 0.15) is 14.2 Å². The minimum absolute atomic E-state index is 0.0845. The van der Waals surface area contributed by atoms with Gasteiger partial charge < -0.3 is 4.74 Å². The standard InChI is InChI=1S/C4H4O3/c5-3-1-2-4(6)7-3/h1-2H2/i1T. The molecule has 1 atom stereocenters. The molecule has 0 aliphatic carbocycles. The van der Waals surface area contributed by atoms with Crippen molar-refractivity contribution in [2.75, 3.05) is 0 Å². The Hall–Kier alpha value is -0.860. The van der Waals surface area contributed by atoms with E-state index in [1.54, 1.807) is 0 Å². The molecule has 1 heterocycles. The lowest BCUT2D eigenvalue weighted by molar-refractivity contribution is -0.151. The summed E-state index contributed by atoms with van der Waals surface area (Å²) in [6, 6.07) is 0. The van der Waals surface area contributed by atoms with Crippen LogP contribution in [0.3, 0.4) is 0 Å². The van der Waals surface area contributed by atoms with Crippen LogP contribution in [0.25, 0.3) is 0 Å². The molecule has 0 spiro atoms. The van der Waals surface area contributed by atoms with Crippen LogP contribution < -0.4 is 0 Å². The molecule has 1 aliphatic heterocycles. The first-order valence-electron chi connectivity index (χ1n) is 2.44. The zero-order valence-electron chi connectivity index (χ0n) is 4.51. The molecule has 1 aliphatic rings. The fraction of sp³-hybridized carbons (Fsp3) is 0.500. The molecule has 0 N–H and O–H groups in total. The van der Waals surface area contributed by atoms with Gasteiger partial charge in [0.2, 0.25) is 0 Å². The normalized spacial score (nSPS) is 32.6. The number of carbonyl (C=O) groups excluding carboxylic acids is 2. The Morgan fingerprint density at radius 2 is 2.29 bits per heavy atom. The van der Waals surface area contributed by atoms with Gasteiger partial charge in [-0.3, -0.25) is 9.59 Å². The minimum atomic E-state index is -0.970.